The predicted molar refractivity (Wildman–Crippen MR) is 115 cm³/mol. The van der Waals surface area contributed by atoms with Crippen molar-refractivity contribution < 1.29 is 4.79 Å². The molecule has 0 radical (unpaired) electrons. The summed E-state index contributed by atoms with van der Waals surface area (Å²) >= 11 is 6.32. The van der Waals surface area contributed by atoms with Crippen LogP contribution in [0.2, 0.25) is 5.02 Å². The summed E-state index contributed by atoms with van der Waals surface area (Å²) in [6.45, 7) is 4.47. The maximum atomic E-state index is 13.0. The molecule has 1 aliphatic rings. The van der Waals surface area contributed by atoms with Gasteiger partial charge >= 0.3 is 0 Å². The van der Waals surface area contributed by atoms with E-state index in [1.54, 1.807) is 16.8 Å². The molecule has 5 nitrogen and oxygen atoms in total. The topological polar surface area (TPSA) is 59.8 Å². The smallest absolute Gasteiger partial charge is 0.271 e. The zero-order chi connectivity index (χ0) is 20.4. The summed E-state index contributed by atoms with van der Waals surface area (Å²) in [7, 11) is 0. The summed E-state index contributed by atoms with van der Waals surface area (Å²) < 4.78 is 1.73. The molecule has 0 atom stereocenters. The molecule has 1 aromatic carbocycles. The summed E-state index contributed by atoms with van der Waals surface area (Å²) in [4.78, 5) is 17.5. The first kappa shape index (κ1) is 19.6. The summed E-state index contributed by atoms with van der Waals surface area (Å²) in [6.07, 6.45) is 4.50. The lowest BCUT2D eigenvalue weighted by molar-refractivity contribution is 0.0938. The van der Waals surface area contributed by atoms with Crippen LogP contribution in [-0.2, 0) is 5.41 Å². The van der Waals surface area contributed by atoms with Gasteiger partial charge in [0.2, 0.25) is 0 Å². The largest absolute Gasteiger partial charge is 0.350 e. The quantitative estimate of drug-likeness (QED) is 0.660. The van der Waals surface area contributed by atoms with E-state index in [1.165, 1.54) is 18.4 Å². The number of benzene rings is 1. The van der Waals surface area contributed by atoms with Crippen molar-refractivity contribution in [1.82, 2.24) is 20.1 Å². The van der Waals surface area contributed by atoms with Gasteiger partial charge in [-0.05, 0) is 50.5 Å². The van der Waals surface area contributed by atoms with Crippen molar-refractivity contribution >= 4 is 17.5 Å². The van der Waals surface area contributed by atoms with Crippen LogP contribution in [0.4, 0.5) is 0 Å². The second-order valence-electron chi connectivity index (χ2n) is 7.87. The minimum atomic E-state index is -0.249. The van der Waals surface area contributed by atoms with Gasteiger partial charge in [-0.15, -0.1) is 0 Å². The predicted octanol–water partition coefficient (Wildman–Crippen LogP) is 4.78. The molecule has 6 heteroatoms. The molecular weight excluding hydrogens is 384 g/mol. The van der Waals surface area contributed by atoms with Gasteiger partial charge in [0.05, 0.1) is 10.7 Å². The number of nitrogens with one attached hydrogen (secondary N) is 1. The van der Waals surface area contributed by atoms with Crippen molar-refractivity contribution in [3.63, 3.8) is 0 Å². The Morgan fingerprint density at radius 2 is 1.86 bits per heavy atom. The lowest BCUT2D eigenvalue weighted by Gasteiger charge is -2.30. The van der Waals surface area contributed by atoms with Gasteiger partial charge in [-0.3, -0.25) is 4.79 Å². The average molecular weight is 409 g/mol. The second-order valence-corrected chi connectivity index (χ2v) is 8.28. The first-order chi connectivity index (χ1) is 14.0. The van der Waals surface area contributed by atoms with Crippen LogP contribution in [0.15, 0.2) is 48.5 Å². The fraction of sp³-hybridized carbons (Fsp3) is 0.348. The molecular formula is C23H25ClN4O. The lowest BCUT2D eigenvalue weighted by Crippen LogP contribution is -2.39. The van der Waals surface area contributed by atoms with Crippen molar-refractivity contribution in [1.29, 1.82) is 0 Å². The number of rotatable bonds is 5. The molecule has 29 heavy (non-hydrogen) atoms. The van der Waals surface area contributed by atoms with Crippen molar-refractivity contribution in [2.24, 2.45) is 0 Å². The molecule has 0 aliphatic heterocycles. The Labute approximate surface area is 176 Å². The first-order valence-electron chi connectivity index (χ1n) is 10.0. The van der Waals surface area contributed by atoms with Crippen LogP contribution >= 0.6 is 11.6 Å². The minimum Gasteiger partial charge on any atom is -0.350 e. The Kier molecular flexibility index (Phi) is 5.41. The van der Waals surface area contributed by atoms with Crippen molar-refractivity contribution in [2.75, 3.05) is 6.54 Å². The number of halogens is 1. The highest BCUT2D eigenvalue weighted by Crippen LogP contribution is 2.40. The lowest BCUT2D eigenvalue weighted by atomic mass is 9.79. The number of amides is 1. The van der Waals surface area contributed by atoms with Crippen molar-refractivity contribution in [3.05, 3.63) is 76.2 Å². The molecule has 1 amide bonds. The number of carbonyl (C=O) groups excluding carboxylic acids is 1. The van der Waals surface area contributed by atoms with Crippen LogP contribution in [0.5, 0.6) is 0 Å². The molecule has 0 bridgehead atoms. The van der Waals surface area contributed by atoms with Crippen molar-refractivity contribution in [3.8, 4) is 5.82 Å². The highest BCUT2D eigenvalue weighted by Gasteiger charge is 2.36. The van der Waals surface area contributed by atoms with E-state index in [9.17, 15) is 4.79 Å². The van der Waals surface area contributed by atoms with Gasteiger partial charge in [0, 0.05) is 17.7 Å². The normalized spacial score (nSPS) is 15.4. The Morgan fingerprint density at radius 1 is 1.14 bits per heavy atom. The fourth-order valence-electron chi connectivity index (χ4n) is 4.31. The second kappa shape index (κ2) is 7.99. The number of hydrogen-bond acceptors (Lipinski definition) is 3. The molecule has 1 N–H and O–H groups in total. The third-order valence-corrected chi connectivity index (χ3v) is 6.11. The van der Waals surface area contributed by atoms with E-state index >= 15 is 0 Å². The molecule has 150 valence electrons. The van der Waals surface area contributed by atoms with E-state index in [0.717, 1.165) is 24.2 Å². The standard InChI is InChI=1S/C23H25ClN4O/c1-16-14-17(2)28(27-16)20-11-10-19(24)21(26-20)22(29)25-15-23(12-6-7-13-23)18-8-4-3-5-9-18/h3-5,8-11,14H,6-7,12-13,15H2,1-2H3,(H,25,29). The third kappa shape index (κ3) is 3.92. The molecule has 0 spiro atoms. The summed E-state index contributed by atoms with van der Waals surface area (Å²) in [5.74, 6) is 0.337. The van der Waals surface area contributed by atoms with Crippen LogP contribution in [0, 0.1) is 13.8 Å². The Bertz CT molecular complexity index is 1020. The van der Waals surface area contributed by atoms with E-state index < -0.39 is 0 Å². The minimum absolute atomic E-state index is 0.0172. The van der Waals surface area contributed by atoms with Crippen molar-refractivity contribution in [2.45, 2.75) is 44.9 Å². The molecule has 0 saturated heterocycles. The van der Waals surface area contributed by atoms with Crippen LogP contribution in [0.25, 0.3) is 5.82 Å². The van der Waals surface area contributed by atoms with Crippen LogP contribution in [-0.4, -0.2) is 27.2 Å². The number of carbonyl (C=O) groups is 1. The van der Waals surface area contributed by atoms with Gasteiger partial charge in [0.1, 0.15) is 5.69 Å². The molecule has 2 aromatic heterocycles. The van der Waals surface area contributed by atoms with Gasteiger partial charge in [-0.2, -0.15) is 5.10 Å². The summed E-state index contributed by atoms with van der Waals surface area (Å²) in [5.41, 5.74) is 3.36. The molecule has 0 unspecified atom stereocenters. The number of hydrogen-bond donors (Lipinski definition) is 1. The van der Waals surface area contributed by atoms with E-state index in [-0.39, 0.29) is 17.0 Å². The number of aromatic nitrogens is 3. The van der Waals surface area contributed by atoms with Gasteiger partial charge < -0.3 is 5.32 Å². The molecule has 2 heterocycles. The Morgan fingerprint density at radius 3 is 2.52 bits per heavy atom. The maximum Gasteiger partial charge on any atom is 0.271 e. The third-order valence-electron chi connectivity index (χ3n) is 5.81. The number of pyridine rings is 1. The van der Waals surface area contributed by atoms with Crippen LogP contribution in [0.3, 0.4) is 0 Å². The number of nitrogens with zero attached hydrogens (tertiary/aromatic N) is 3. The first-order valence-corrected chi connectivity index (χ1v) is 10.4. The zero-order valence-corrected chi connectivity index (χ0v) is 17.5. The summed E-state index contributed by atoms with van der Waals surface area (Å²) in [5, 5.41) is 7.89. The zero-order valence-electron chi connectivity index (χ0n) is 16.8. The van der Waals surface area contributed by atoms with E-state index in [0.29, 0.717) is 17.4 Å². The number of aryl methyl sites for hydroxylation is 2. The van der Waals surface area contributed by atoms with E-state index in [2.05, 4.69) is 39.7 Å². The molecule has 3 aromatic rings. The highest BCUT2D eigenvalue weighted by atomic mass is 35.5. The molecule has 1 aliphatic carbocycles. The van der Waals surface area contributed by atoms with Gasteiger partial charge in [-0.1, -0.05) is 54.8 Å². The highest BCUT2D eigenvalue weighted by molar-refractivity contribution is 6.33. The average Bonchev–Trinajstić information content (AvgIpc) is 3.34. The SMILES string of the molecule is Cc1cc(C)n(-c2ccc(Cl)c(C(=O)NCC3(c4ccccc4)CCCC3)n2)n1. The Balaban J connectivity index is 1.57. The summed E-state index contributed by atoms with van der Waals surface area (Å²) in [6, 6.07) is 15.9. The van der Waals surface area contributed by atoms with Crippen LogP contribution < -0.4 is 5.32 Å². The Hall–Kier alpha value is -2.66. The van der Waals surface area contributed by atoms with Gasteiger partial charge in [0.25, 0.3) is 5.91 Å². The maximum absolute atomic E-state index is 13.0. The van der Waals surface area contributed by atoms with Crippen LogP contribution in [0.1, 0.15) is 53.1 Å². The van der Waals surface area contributed by atoms with Gasteiger partial charge in [-0.25, -0.2) is 9.67 Å². The molecule has 4 rings (SSSR count). The van der Waals surface area contributed by atoms with E-state index in [1.807, 2.05) is 26.0 Å². The molecule has 1 saturated carbocycles. The van der Waals surface area contributed by atoms with Gasteiger partial charge in [0.15, 0.2) is 5.82 Å². The van der Waals surface area contributed by atoms with E-state index in [4.69, 9.17) is 11.6 Å². The monoisotopic (exact) mass is 408 g/mol. The fourth-order valence-corrected chi connectivity index (χ4v) is 4.51. The molecule has 1 fully saturated rings.